The van der Waals surface area contributed by atoms with Crippen LogP contribution in [0.2, 0.25) is 0 Å². The van der Waals surface area contributed by atoms with E-state index in [1.807, 2.05) is 0 Å². The number of rotatable bonds is 2. The Balaban J connectivity index is 1.59. The summed E-state index contributed by atoms with van der Waals surface area (Å²) in [6, 6.07) is 0. The summed E-state index contributed by atoms with van der Waals surface area (Å²) in [6.45, 7) is 18.7. The molecule has 4 fully saturated rings. The molecule has 4 nitrogen and oxygen atoms in total. The van der Waals surface area contributed by atoms with E-state index in [-0.39, 0.29) is 50.5 Å². The van der Waals surface area contributed by atoms with Crippen molar-refractivity contribution in [3.63, 3.8) is 0 Å². The van der Waals surface area contributed by atoms with Crippen LogP contribution in [0, 0.1) is 50.2 Å². The molecule has 0 saturated heterocycles. The number of hydrogen-bond donors (Lipinski definition) is 2. The molecule has 0 radical (unpaired) electrons. The summed E-state index contributed by atoms with van der Waals surface area (Å²) in [5, 5.41) is 22.9. The van der Waals surface area contributed by atoms with Gasteiger partial charge >= 0.3 is 5.97 Å². The van der Waals surface area contributed by atoms with E-state index in [1.165, 1.54) is 6.92 Å². The molecule has 0 heterocycles. The largest absolute Gasteiger partial charge is 0.465 e. The van der Waals surface area contributed by atoms with Crippen molar-refractivity contribution in [2.24, 2.45) is 50.2 Å². The number of fused-ring (bicyclic) bond motifs is 7. The lowest BCUT2D eigenvalue weighted by Gasteiger charge is -2.72. The normalized spacial score (nSPS) is 51.1. The summed E-state index contributed by atoms with van der Waals surface area (Å²) in [6.07, 6.45) is 11.1. The second-order valence-corrected chi connectivity index (χ2v) is 15.8. The van der Waals surface area contributed by atoms with Gasteiger partial charge in [0.1, 0.15) is 0 Å². The molecule has 0 bridgehead atoms. The summed E-state index contributed by atoms with van der Waals surface area (Å²) < 4.78 is 5.69. The molecule has 0 aromatic carbocycles. The second kappa shape index (κ2) is 8.07. The van der Waals surface area contributed by atoms with Crippen molar-refractivity contribution in [1.82, 2.24) is 0 Å². The van der Waals surface area contributed by atoms with Crippen LogP contribution in [-0.4, -0.2) is 35.0 Å². The highest BCUT2D eigenvalue weighted by atomic mass is 16.5. The molecule has 36 heavy (non-hydrogen) atoms. The van der Waals surface area contributed by atoms with E-state index >= 15 is 0 Å². The van der Waals surface area contributed by atoms with Gasteiger partial charge in [0.15, 0.2) is 0 Å². The maximum absolute atomic E-state index is 12.0. The number of hydrogen-bond acceptors (Lipinski definition) is 4. The van der Waals surface area contributed by atoms with E-state index in [2.05, 4.69) is 54.5 Å². The zero-order valence-electron chi connectivity index (χ0n) is 24.2. The Kier molecular flexibility index (Phi) is 5.99. The maximum atomic E-state index is 12.0. The van der Waals surface area contributed by atoms with Gasteiger partial charge in [-0.05, 0) is 103 Å². The molecule has 0 aromatic heterocycles. The smallest absolute Gasteiger partial charge is 0.302 e. The molecule has 5 rings (SSSR count). The topological polar surface area (TPSA) is 66.8 Å². The van der Waals surface area contributed by atoms with Gasteiger partial charge in [-0.3, -0.25) is 4.79 Å². The van der Waals surface area contributed by atoms with Crippen molar-refractivity contribution in [3.8, 4) is 0 Å². The first-order valence-electron chi connectivity index (χ1n) is 14.7. The average molecular weight is 501 g/mol. The monoisotopic (exact) mass is 500 g/mol. The third-order valence-electron chi connectivity index (χ3n) is 13.4. The van der Waals surface area contributed by atoms with Crippen LogP contribution in [0.4, 0.5) is 0 Å². The first-order chi connectivity index (χ1) is 16.5. The predicted octanol–water partition coefficient (Wildman–Crippen LogP) is 6.68. The molecule has 9 atom stereocenters. The molecule has 5 aliphatic carbocycles. The van der Waals surface area contributed by atoms with E-state index in [0.717, 1.165) is 57.8 Å². The van der Waals surface area contributed by atoms with Crippen LogP contribution in [0.5, 0.6) is 0 Å². The zero-order chi connectivity index (χ0) is 26.5. The summed E-state index contributed by atoms with van der Waals surface area (Å²) in [7, 11) is 0. The van der Waals surface area contributed by atoms with Crippen LogP contribution >= 0.6 is 0 Å². The van der Waals surface area contributed by atoms with Gasteiger partial charge in [0.2, 0.25) is 0 Å². The van der Waals surface area contributed by atoms with Gasteiger partial charge < -0.3 is 14.9 Å². The molecule has 0 amide bonds. The van der Waals surface area contributed by atoms with Crippen molar-refractivity contribution in [1.29, 1.82) is 0 Å². The van der Waals surface area contributed by atoms with Crippen molar-refractivity contribution in [3.05, 3.63) is 11.6 Å². The van der Waals surface area contributed by atoms with E-state index < -0.39 is 6.10 Å². The third-order valence-corrected chi connectivity index (χ3v) is 13.4. The number of aliphatic hydroxyl groups excluding tert-OH is 2. The van der Waals surface area contributed by atoms with Gasteiger partial charge in [0, 0.05) is 12.3 Å². The zero-order valence-corrected chi connectivity index (χ0v) is 24.2. The highest BCUT2D eigenvalue weighted by Gasteiger charge is 2.69. The number of aliphatic hydroxyl groups is 2. The lowest BCUT2D eigenvalue weighted by molar-refractivity contribution is -0.220. The van der Waals surface area contributed by atoms with Gasteiger partial charge in [-0.25, -0.2) is 0 Å². The molecular weight excluding hydrogens is 448 g/mol. The van der Waals surface area contributed by atoms with Gasteiger partial charge in [0.25, 0.3) is 0 Å². The predicted molar refractivity (Wildman–Crippen MR) is 143 cm³/mol. The highest BCUT2D eigenvalue weighted by molar-refractivity contribution is 5.66. The number of esters is 1. The van der Waals surface area contributed by atoms with Crippen molar-refractivity contribution >= 4 is 5.97 Å². The summed E-state index contributed by atoms with van der Waals surface area (Å²) in [5.74, 6) is 1.08. The van der Waals surface area contributed by atoms with Crippen LogP contribution in [0.1, 0.15) is 113 Å². The van der Waals surface area contributed by atoms with E-state index in [1.54, 1.807) is 5.57 Å². The minimum absolute atomic E-state index is 0.0577. The Hall–Kier alpha value is -0.870. The summed E-state index contributed by atoms with van der Waals surface area (Å²) >= 11 is 0. The molecule has 4 saturated carbocycles. The van der Waals surface area contributed by atoms with Gasteiger partial charge in [-0.1, -0.05) is 60.1 Å². The fourth-order valence-corrected chi connectivity index (χ4v) is 10.9. The first-order valence-corrected chi connectivity index (χ1v) is 14.7. The standard InChI is InChI=1S/C32H52O4/c1-20(33)36-19-32-16-15-27(2,3)17-22(32)21-9-10-24-29(6)13-12-25(34)28(4,5)23(29)11-14-30(24,7)31(21,8)18-26(32)35/h9,22-26,34-35H,10-19H2,1-8H3/t22-,23-,24+,25-,26+,29-,30+,31+,32+/m0/s1. The molecular formula is C32H52O4. The fraction of sp³-hybridized carbons (Fsp3) is 0.906. The molecule has 0 aromatic rings. The second-order valence-electron chi connectivity index (χ2n) is 15.8. The van der Waals surface area contributed by atoms with Crippen LogP contribution in [0.15, 0.2) is 11.6 Å². The Morgan fingerprint density at radius 2 is 1.61 bits per heavy atom. The third kappa shape index (κ3) is 3.41. The molecule has 2 N–H and O–H groups in total. The van der Waals surface area contributed by atoms with Crippen LogP contribution in [0.25, 0.3) is 0 Å². The quantitative estimate of drug-likeness (QED) is 0.328. The van der Waals surface area contributed by atoms with Crippen LogP contribution < -0.4 is 0 Å². The van der Waals surface area contributed by atoms with Gasteiger partial charge in [-0.2, -0.15) is 0 Å². The number of carbonyl (C=O) groups excluding carboxylic acids is 1. The number of carbonyl (C=O) groups is 1. The minimum atomic E-state index is -0.467. The van der Waals surface area contributed by atoms with Crippen molar-refractivity contribution < 1.29 is 19.7 Å². The van der Waals surface area contributed by atoms with Crippen molar-refractivity contribution in [2.75, 3.05) is 6.61 Å². The van der Waals surface area contributed by atoms with E-state index in [4.69, 9.17) is 4.74 Å². The van der Waals surface area contributed by atoms with Gasteiger partial charge in [-0.15, -0.1) is 0 Å². The highest BCUT2D eigenvalue weighted by Crippen LogP contribution is 2.75. The Morgan fingerprint density at radius 3 is 2.28 bits per heavy atom. The van der Waals surface area contributed by atoms with E-state index in [0.29, 0.717) is 18.4 Å². The van der Waals surface area contributed by atoms with Crippen LogP contribution in [-0.2, 0) is 9.53 Å². The van der Waals surface area contributed by atoms with E-state index in [9.17, 15) is 15.0 Å². The maximum Gasteiger partial charge on any atom is 0.302 e. The molecule has 5 aliphatic rings. The summed E-state index contributed by atoms with van der Waals surface area (Å²) in [5.41, 5.74) is 1.59. The lowest BCUT2D eigenvalue weighted by Crippen LogP contribution is -2.67. The number of ether oxygens (including phenoxy) is 1. The number of allylic oxidation sites excluding steroid dienone is 2. The van der Waals surface area contributed by atoms with Gasteiger partial charge in [0.05, 0.1) is 18.8 Å². The van der Waals surface area contributed by atoms with Crippen LogP contribution in [0.3, 0.4) is 0 Å². The molecule has 204 valence electrons. The first kappa shape index (κ1) is 26.7. The SMILES string of the molecule is CC(=O)OC[C@]12CCC(C)(C)C[C@H]1C1=CC[C@@H]3[C@@]4(C)CC[C@H](O)C(C)(C)[C@@H]4CC[C@@]3(C)[C@]1(C)C[C@H]2O. The molecule has 0 unspecified atom stereocenters. The molecule has 0 aliphatic heterocycles. The van der Waals surface area contributed by atoms with Crippen molar-refractivity contribution in [2.45, 2.75) is 125 Å². The lowest BCUT2D eigenvalue weighted by atomic mass is 9.33. The molecule has 0 spiro atoms. The average Bonchev–Trinajstić information content (AvgIpc) is 2.76. The Labute approximate surface area is 219 Å². The minimum Gasteiger partial charge on any atom is -0.465 e. The summed E-state index contributed by atoms with van der Waals surface area (Å²) in [4.78, 5) is 11.9. The Bertz CT molecular complexity index is 950. The fourth-order valence-electron chi connectivity index (χ4n) is 10.9. The molecule has 4 heteroatoms. The Morgan fingerprint density at radius 1 is 0.917 bits per heavy atom.